The van der Waals surface area contributed by atoms with Crippen LogP contribution in [0.15, 0.2) is 36.5 Å². The number of aromatic nitrogens is 1. The third-order valence-corrected chi connectivity index (χ3v) is 3.52. The van der Waals surface area contributed by atoms with Gasteiger partial charge in [-0.1, -0.05) is 26.0 Å². The zero-order chi connectivity index (χ0) is 15.4. The predicted octanol–water partition coefficient (Wildman–Crippen LogP) is 4.39. The second kappa shape index (κ2) is 6.39. The number of pyridine rings is 1. The molecule has 0 bridgehead atoms. The van der Waals surface area contributed by atoms with Gasteiger partial charge in [0.25, 0.3) is 0 Å². The number of benzene rings is 1. The summed E-state index contributed by atoms with van der Waals surface area (Å²) in [5.74, 6) is 0.381. The highest BCUT2D eigenvalue weighted by molar-refractivity contribution is 5.90. The van der Waals surface area contributed by atoms with Crippen LogP contribution in [0.3, 0.4) is 0 Å². The zero-order valence-electron chi connectivity index (χ0n) is 12.5. The Hall–Kier alpha value is -2.36. The maximum atomic E-state index is 11.2. The van der Waals surface area contributed by atoms with Gasteiger partial charge in [-0.25, -0.2) is 4.79 Å². The lowest BCUT2D eigenvalue weighted by Crippen LogP contribution is -2.02. The quantitative estimate of drug-likeness (QED) is 0.884. The standard InChI is InChI=1S/C17H19NO3/c1-4-11(2)13-5-7-14(8-6-13)21-16-9-12(3)18-10-15(16)17(19)20/h5-11H,4H2,1-3H3,(H,19,20). The molecule has 4 nitrogen and oxygen atoms in total. The Balaban J connectivity index is 2.26. The van der Waals surface area contributed by atoms with E-state index in [-0.39, 0.29) is 5.56 Å². The molecular weight excluding hydrogens is 266 g/mol. The summed E-state index contributed by atoms with van der Waals surface area (Å²) in [5.41, 5.74) is 2.02. The highest BCUT2D eigenvalue weighted by Crippen LogP contribution is 2.27. The molecule has 2 rings (SSSR count). The summed E-state index contributed by atoms with van der Waals surface area (Å²) in [6, 6.07) is 9.38. The van der Waals surface area contributed by atoms with Crippen LogP contribution < -0.4 is 4.74 Å². The number of carboxylic acid groups (broad SMARTS) is 1. The molecule has 0 saturated carbocycles. The molecule has 0 aliphatic heterocycles. The van der Waals surface area contributed by atoms with Gasteiger partial charge in [0, 0.05) is 18.0 Å². The Bertz CT molecular complexity index is 635. The first-order valence-corrected chi connectivity index (χ1v) is 6.99. The van der Waals surface area contributed by atoms with Gasteiger partial charge < -0.3 is 9.84 Å². The fourth-order valence-electron chi connectivity index (χ4n) is 2.01. The molecule has 0 fully saturated rings. The maximum Gasteiger partial charge on any atom is 0.341 e. The number of aromatic carboxylic acids is 1. The van der Waals surface area contributed by atoms with E-state index in [1.54, 1.807) is 13.0 Å². The fraction of sp³-hybridized carbons (Fsp3) is 0.294. The van der Waals surface area contributed by atoms with Gasteiger partial charge in [-0.2, -0.15) is 0 Å². The van der Waals surface area contributed by atoms with Crippen LogP contribution in [0.1, 0.15) is 47.8 Å². The van der Waals surface area contributed by atoms with Crippen LogP contribution in [-0.2, 0) is 0 Å². The van der Waals surface area contributed by atoms with E-state index in [1.807, 2.05) is 24.3 Å². The molecule has 1 aromatic heterocycles. The fourth-order valence-corrected chi connectivity index (χ4v) is 2.01. The number of aryl methyl sites for hydroxylation is 1. The lowest BCUT2D eigenvalue weighted by atomic mass is 9.99. The summed E-state index contributed by atoms with van der Waals surface area (Å²) < 4.78 is 5.70. The number of ether oxygens (including phenoxy) is 1. The van der Waals surface area contributed by atoms with Crippen LogP contribution in [0.5, 0.6) is 11.5 Å². The van der Waals surface area contributed by atoms with Crippen molar-refractivity contribution in [1.29, 1.82) is 0 Å². The van der Waals surface area contributed by atoms with Crippen LogP contribution in [0.4, 0.5) is 0 Å². The summed E-state index contributed by atoms with van der Waals surface area (Å²) in [5, 5.41) is 9.16. The number of carbonyl (C=O) groups is 1. The number of nitrogens with zero attached hydrogens (tertiary/aromatic N) is 1. The van der Waals surface area contributed by atoms with Crippen molar-refractivity contribution in [3.05, 3.63) is 53.3 Å². The molecule has 1 heterocycles. The third-order valence-electron chi connectivity index (χ3n) is 3.52. The van der Waals surface area contributed by atoms with Crippen LogP contribution in [0.25, 0.3) is 0 Å². The van der Waals surface area contributed by atoms with E-state index in [2.05, 4.69) is 18.8 Å². The van der Waals surface area contributed by atoms with Gasteiger partial charge in [0.15, 0.2) is 0 Å². The average Bonchev–Trinajstić information content (AvgIpc) is 2.47. The average molecular weight is 285 g/mol. The molecule has 1 atom stereocenters. The van der Waals surface area contributed by atoms with Gasteiger partial charge in [0.05, 0.1) is 0 Å². The van der Waals surface area contributed by atoms with Gasteiger partial charge in [-0.05, 0) is 37.0 Å². The van der Waals surface area contributed by atoms with Crippen LogP contribution in [-0.4, -0.2) is 16.1 Å². The van der Waals surface area contributed by atoms with Crippen molar-refractivity contribution in [1.82, 2.24) is 4.98 Å². The lowest BCUT2D eigenvalue weighted by molar-refractivity contribution is 0.0693. The Morgan fingerprint density at radius 1 is 1.33 bits per heavy atom. The smallest absolute Gasteiger partial charge is 0.341 e. The summed E-state index contributed by atoms with van der Waals surface area (Å²) in [6.07, 6.45) is 2.40. The topological polar surface area (TPSA) is 59.4 Å². The molecule has 4 heteroatoms. The lowest BCUT2D eigenvalue weighted by Gasteiger charge is -2.12. The van der Waals surface area contributed by atoms with Crippen LogP contribution in [0.2, 0.25) is 0 Å². The van der Waals surface area contributed by atoms with Gasteiger partial charge in [-0.15, -0.1) is 0 Å². The Labute approximate surface area is 124 Å². The van der Waals surface area contributed by atoms with Gasteiger partial charge in [0.1, 0.15) is 17.1 Å². The van der Waals surface area contributed by atoms with E-state index in [4.69, 9.17) is 9.84 Å². The summed E-state index contributed by atoms with van der Waals surface area (Å²) >= 11 is 0. The third kappa shape index (κ3) is 3.60. The molecule has 1 unspecified atom stereocenters. The van der Waals surface area contributed by atoms with Crippen molar-refractivity contribution in [3.8, 4) is 11.5 Å². The Morgan fingerprint density at radius 3 is 2.57 bits per heavy atom. The van der Waals surface area contributed by atoms with Crippen LogP contribution >= 0.6 is 0 Å². The van der Waals surface area contributed by atoms with E-state index in [0.717, 1.165) is 6.42 Å². The molecule has 1 N–H and O–H groups in total. The molecule has 0 saturated heterocycles. The minimum absolute atomic E-state index is 0.0617. The van der Waals surface area contributed by atoms with Crippen LogP contribution in [0, 0.1) is 6.92 Å². The van der Waals surface area contributed by atoms with E-state index in [9.17, 15) is 4.79 Å². The summed E-state index contributed by atoms with van der Waals surface area (Å²) in [4.78, 5) is 15.2. The monoisotopic (exact) mass is 285 g/mol. The SMILES string of the molecule is CCC(C)c1ccc(Oc2cc(C)ncc2C(=O)O)cc1. The molecule has 21 heavy (non-hydrogen) atoms. The molecule has 110 valence electrons. The molecule has 0 spiro atoms. The largest absolute Gasteiger partial charge is 0.477 e. The van der Waals surface area contributed by atoms with Crippen molar-refractivity contribution < 1.29 is 14.6 Å². The van der Waals surface area contributed by atoms with E-state index in [0.29, 0.717) is 23.1 Å². The molecule has 0 amide bonds. The highest BCUT2D eigenvalue weighted by atomic mass is 16.5. The van der Waals surface area contributed by atoms with Gasteiger partial charge >= 0.3 is 5.97 Å². The maximum absolute atomic E-state index is 11.2. The second-order valence-corrected chi connectivity index (χ2v) is 5.11. The predicted molar refractivity (Wildman–Crippen MR) is 81.2 cm³/mol. The van der Waals surface area contributed by atoms with Crippen molar-refractivity contribution in [2.45, 2.75) is 33.1 Å². The summed E-state index contributed by atoms with van der Waals surface area (Å²) in [6.45, 7) is 6.11. The molecule has 1 aromatic carbocycles. The first-order chi connectivity index (χ1) is 10.0. The van der Waals surface area contributed by atoms with Crippen molar-refractivity contribution in [2.75, 3.05) is 0 Å². The van der Waals surface area contributed by atoms with E-state index >= 15 is 0 Å². The normalized spacial score (nSPS) is 12.0. The minimum atomic E-state index is -1.05. The minimum Gasteiger partial charge on any atom is -0.477 e. The van der Waals surface area contributed by atoms with Gasteiger partial charge in [-0.3, -0.25) is 4.98 Å². The van der Waals surface area contributed by atoms with Crippen molar-refractivity contribution in [2.24, 2.45) is 0 Å². The molecule has 0 radical (unpaired) electrons. The first kappa shape index (κ1) is 15.0. The zero-order valence-corrected chi connectivity index (χ0v) is 12.5. The van der Waals surface area contributed by atoms with E-state index < -0.39 is 5.97 Å². The highest BCUT2D eigenvalue weighted by Gasteiger charge is 2.13. The summed E-state index contributed by atoms with van der Waals surface area (Å²) in [7, 11) is 0. The number of hydrogen-bond acceptors (Lipinski definition) is 3. The number of carboxylic acids is 1. The number of rotatable bonds is 5. The first-order valence-electron chi connectivity index (χ1n) is 6.99. The molecule has 2 aromatic rings. The van der Waals surface area contributed by atoms with Crippen molar-refractivity contribution in [3.63, 3.8) is 0 Å². The van der Waals surface area contributed by atoms with Crippen molar-refractivity contribution >= 4 is 5.97 Å². The number of hydrogen-bond donors (Lipinski definition) is 1. The van der Waals surface area contributed by atoms with Gasteiger partial charge in [0.2, 0.25) is 0 Å². The Morgan fingerprint density at radius 2 is 2.00 bits per heavy atom. The molecule has 0 aliphatic carbocycles. The second-order valence-electron chi connectivity index (χ2n) is 5.11. The molecular formula is C17H19NO3. The Kier molecular flexibility index (Phi) is 4.58. The van der Waals surface area contributed by atoms with E-state index in [1.165, 1.54) is 11.8 Å². The molecule has 0 aliphatic rings.